The minimum atomic E-state index is 0.794. The zero-order valence-electron chi connectivity index (χ0n) is 12.3. The number of benzene rings is 2. The molecule has 0 aliphatic rings. The average Bonchev–Trinajstić information content (AvgIpc) is 2.44. The summed E-state index contributed by atoms with van der Waals surface area (Å²) >= 11 is 6.47. The molecule has 0 spiro atoms. The molecule has 106 valence electrons. The highest BCUT2D eigenvalue weighted by atomic mass is 35.5. The molecule has 0 bridgehead atoms. The summed E-state index contributed by atoms with van der Waals surface area (Å²) in [6.07, 6.45) is 0. The lowest BCUT2D eigenvalue weighted by molar-refractivity contribution is 0.812. The lowest BCUT2D eigenvalue weighted by atomic mass is 10.1. The first-order chi connectivity index (χ1) is 9.69. The molecule has 1 N–H and O–H groups in total. The summed E-state index contributed by atoms with van der Waals surface area (Å²) in [5.41, 5.74) is 4.77. The number of anilines is 2. The van der Waals surface area contributed by atoms with Gasteiger partial charge in [-0.25, -0.2) is 0 Å². The summed E-state index contributed by atoms with van der Waals surface area (Å²) in [6, 6.07) is 14.5. The topological polar surface area (TPSA) is 15.3 Å². The van der Waals surface area contributed by atoms with Gasteiger partial charge in [0.1, 0.15) is 0 Å². The number of nitrogens with one attached hydrogen (secondary N) is 1. The van der Waals surface area contributed by atoms with Gasteiger partial charge in [-0.1, -0.05) is 41.9 Å². The summed E-state index contributed by atoms with van der Waals surface area (Å²) in [5.74, 6) is 0. The van der Waals surface area contributed by atoms with E-state index in [1.807, 2.05) is 19.2 Å². The maximum absolute atomic E-state index is 6.47. The Bertz CT molecular complexity index is 581. The van der Waals surface area contributed by atoms with Gasteiger partial charge in [0.2, 0.25) is 0 Å². The van der Waals surface area contributed by atoms with Crippen molar-refractivity contribution in [1.82, 2.24) is 5.32 Å². The van der Waals surface area contributed by atoms with Gasteiger partial charge in [0, 0.05) is 18.8 Å². The Balaban J connectivity index is 2.55. The Morgan fingerprint density at radius 2 is 1.85 bits per heavy atom. The van der Waals surface area contributed by atoms with Crippen LogP contribution in [0.5, 0.6) is 0 Å². The average molecular weight is 289 g/mol. The second kappa shape index (κ2) is 6.78. The summed E-state index contributed by atoms with van der Waals surface area (Å²) in [5, 5.41) is 4.01. The van der Waals surface area contributed by atoms with E-state index in [9.17, 15) is 0 Å². The fourth-order valence-electron chi connectivity index (χ4n) is 2.51. The van der Waals surface area contributed by atoms with Crippen molar-refractivity contribution in [3.8, 4) is 0 Å². The van der Waals surface area contributed by atoms with Crippen LogP contribution in [0.1, 0.15) is 18.1 Å². The number of nitrogens with zero attached hydrogens (tertiary/aromatic N) is 1. The molecule has 0 aliphatic heterocycles. The number of para-hydroxylation sites is 2. The molecule has 0 fully saturated rings. The standard InChI is InChI=1S/C17H21ClN2/c1-4-20(16-11-6-5-8-13(16)2)17-14(12-19-3)9-7-10-15(17)18/h5-11,19H,4,12H2,1-3H3. The minimum absolute atomic E-state index is 0.794. The Kier molecular flexibility index (Phi) is 5.05. The van der Waals surface area contributed by atoms with Crippen molar-refractivity contribution in [2.75, 3.05) is 18.5 Å². The number of hydrogen-bond donors (Lipinski definition) is 1. The zero-order chi connectivity index (χ0) is 14.5. The number of halogens is 1. The maximum atomic E-state index is 6.47. The predicted molar refractivity (Wildman–Crippen MR) is 88.1 cm³/mol. The molecule has 0 unspecified atom stereocenters. The van der Waals surface area contributed by atoms with Gasteiger partial charge in [-0.2, -0.15) is 0 Å². The molecule has 0 radical (unpaired) electrons. The first-order valence-electron chi connectivity index (χ1n) is 6.94. The van der Waals surface area contributed by atoms with Gasteiger partial charge in [0.15, 0.2) is 0 Å². The van der Waals surface area contributed by atoms with E-state index in [2.05, 4.69) is 54.4 Å². The van der Waals surface area contributed by atoms with Gasteiger partial charge in [0.25, 0.3) is 0 Å². The van der Waals surface area contributed by atoms with Crippen molar-refractivity contribution < 1.29 is 0 Å². The molecule has 20 heavy (non-hydrogen) atoms. The largest absolute Gasteiger partial charge is 0.340 e. The fourth-order valence-corrected chi connectivity index (χ4v) is 2.81. The van der Waals surface area contributed by atoms with Crippen LogP contribution in [0.15, 0.2) is 42.5 Å². The number of hydrogen-bond acceptors (Lipinski definition) is 2. The Morgan fingerprint density at radius 1 is 1.10 bits per heavy atom. The van der Waals surface area contributed by atoms with Crippen molar-refractivity contribution in [1.29, 1.82) is 0 Å². The summed E-state index contributed by atoms with van der Waals surface area (Å²) in [6.45, 7) is 5.97. The molecule has 0 saturated carbocycles. The van der Waals surface area contributed by atoms with Gasteiger partial charge in [-0.3, -0.25) is 0 Å². The maximum Gasteiger partial charge on any atom is 0.0646 e. The second-order valence-electron chi connectivity index (χ2n) is 4.81. The molecule has 2 aromatic rings. The van der Waals surface area contributed by atoms with E-state index in [1.165, 1.54) is 16.8 Å². The Morgan fingerprint density at radius 3 is 2.50 bits per heavy atom. The third kappa shape index (κ3) is 2.97. The highest BCUT2D eigenvalue weighted by Gasteiger charge is 2.16. The van der Waals surface area contributed by atoms with Crippen molar-refractivity contribution in [3.05, 3.63) is 58.6 Å². The van der Waals surface area contributed by atoms with E-state index in [0.29, 0.717) is 0 Å². The van der Waals surface area contributed by atoms with Crippen molar-refractivity contribution in [2.24, 2.45) is 0 Å². The molecule has 0 aliphatic carbocycles. The highest BCUT2D eigenvalue weighted by Crippen LogP contribution is 2.36. The molecule has 0 atom stereocenters. The molecule has 2 aromatic carbocycles. The molecular weight excluding hydrogens is 268 g/mol. The van der Waals surface area contributed by atoms with Crippen LogP contribution in [0.4, 0.5) is 11.4 Å². The molecule has 0 amide bonds. The van der Waals surface area contributed by atoms with E-state index in [1.54, 1.807) is 0 Å². The smallest absolute Gasteiger partial charge is 0.0646 e. The number of aryl methyl sites for hydroxylation is 1. The van der Waals surface area contributed by atoms with Crippen molar-refractivity contribution in [2.45, 2.75) is 20.4 Å². The van der Waals surface area contributed by atoms with E-state index in [-0.39, 0.29) is 0 Å². The highest BCUT2D eigenvalue weighted by molar-refractivity contribution is 6.33. The quantitative estimate of drug-likeness (QED) is 0.870. The normalized spacial score (nSPS) is 10.6. The van der Waals surface area contributed by atoms with Crippen LogP contribution in [0.2, 0.25) is 5.02 Å². The SMILES string of the molecule is CCN(c1ccccc1C)c1c(Cl)cccc1CNC. The summed E-state index contributed by atoms with van der Waals surface area (Å²) in [4.78, 5) is 2.28. The number of rotatable bonds is 5. The van der Waals surface area contributed by atoms with Gasteiger partial charge >= 0.3 is 0 Å². The first kappa shape index (κ1) is 14.9. The fraction of sp³-hybridized carbons (Fsp3) is 0.294. The minimum Gasteiger partial charge on any atom is -0.340 e. The monoisotopic (exact) mass is 288 g/mol. The van der Waals surface area contributed by atoms with Crippen LogP contribution in [0, 0.1) is 6.92 Å². The molecule has 0 saturated heterocycles. The summed E-state index contributed by atoms with van der Waals surface area (Å²) in [7, 11) is 1.95. The van der Waals surface area contributed by atoms with Gasteiger partial charge < -0.3 is 10.2 Å². The third-order valence-electron chi connectivity index (χ3n) is 3.43. The zero-order valence-corrected chi connectivity index (χ0v) is 13.0. The van der Waals surface area contributed by atoms with Crippen molar-refractivity contribution >= 4 is 23.0 Å². The molecule has 0 aromatic heterocycles. The molecule has 2 nitrogen and oxygen atoms in total. The second-order valence-corrected chi connectivity index (χ2v) is 5.22. The van der Waals surface area contributed by atoms with Crippen LogP contribution in [0.3, 0.4) is 0 Å². The van der Waals surface area contributed by atoms with Crippen LogP contribution < -0.4 is 10.2 Å². The third-order valence-corrected chi connectivity index (χ3v) is 3.73. The van der Waals surface area contributed by atoms with E-state index in [0.717, 1.165) is 23.8 Å². The molecule has 2 rings (SSSR count). The van der Waals surface area contributed by atoms with Crippen LogP contribution in [0.25, 0.3) is 0 Å². The van der Waals surface area contributed by atoms with Gasteiger partial charge in [-0.15, -0.1) is 0 Å². The van der Waals surface area contributed by atoms with Gasteiger partial charge in [-0.05, 0) is 44.2 Å². The van der Waals surface area contributed by atoms with Crippen LogP contribution in [-0.4, -0.2) is 13.6 Å². The molecule has 3 heteroatoms. The Hall–Kier alpha value is -1.51. The lowest BCUT2D eigenvalue weighted by Gasteiger charge is -2.28. The predicted octanol–water partition coefficient (Wildman–Crippen LogP) is 4.53. The first-order valence-corrected chi connectivity index (χ1v) is 7.32. The van der Waals surface area contributed by atoms with Crippen molar-refractivity contribution in [3.63, 3.8) is 0 Å². The van der Waals surface area contributed by atoms with E-state index >= 15 is 0 Å². The lowest BCUT2D eigenvalue weighted by Crippen LogP contribution is -2.20. The summed E-state index contributed by atoms with van der Waals surface area (Å²) < 4.78 is 0. The Labute approximate surface area is 126 Å². The molecular formula is C17H21ClN2. The van der Waals surface area contributed by atoms with Crippen LogP contribution in [-0.2, 0) is 6.54 Å². The van der Waals surface area contributed by atoms with E-state index in [4.69, 9.17) is 11.6 Å². The van der Waals surface area contributed by atoms with Gasteiger partial charge in [0.05, 0.1) is 10.7 Å². The molecule has 0 heterocycles. The van der Waals surface area contributed by atoms with E-state index < -0.39 is 0 Å². The van der Waals surface area contributed by atoms with Crippen LogP contribution >= 0.6 is 11.6 Å².